The second-order valence-electron chi connectivity index (χ2n) is 6.56. The zero-order valence-corrected chi connectivity index (χ0v) is 11.9. The molecule has 0 saturated carbocycles. The number of hydrogen-bond donors (Lipinski definition) is 2. The third-order valence-corrected chi connectivity index (χ3v) is 2.77. The van der Waals surface area contributed by atoms with Gasteiger partial charge in [0.15, 0.2) is 0 Å². The second kappa shape index (κ2) is 5.67. The summed E-state index contributed by atoms with van der Waals surface area (Å²) in [5, 5.41) is 6.30. The number of hydrogen-bond acceptors (Lipinski definition) is 2. The summed E-state index contributed by atoms with van der Waals surface area (Å²) in [6.07, 6.45) is 0. The fourth-order valence-electron chi connectivity index (χ4n) is 1.17. The Balaban J connectivity index is 3.83. The first-order chi connectivity index (χ1) is 7.04. The highest BCUT2D eigenvalue weighted by Gasteiger charge is 2.26. The summed E-state index contributed by atoms with van der Waals surface area (Å²) < 4.78 is 0. The van der Waals surface area contributed by atoms with Crippen molar-refractivity contribution in [2.45, 2.75) is 54.0 Å². The van der Waals surface area contributed by atoms with E-state index in [-0.39, 0.29) is 22.8 Å². The molecule has 3 nitrogen and oxygen atoms in total. The van der Waals surface area contributed by atoms with Crippen molar-refractivity contribution in [1.29, 1.82) is 0 Å². The lowest BCUT2D eigenvalue weighted by Gasteiger charge is -2.26. The molecule has 0 aliphatic rings. The molecule has 0 spiro atoms. The van der Waals surface area contributed by atoms with Crippen molar-refractivity contribution in [2.24, 2.45) is 11.3 Å². The van der Waals surface area contributed by atoms with Crippen molar-refractivity contribution in [3.8, 4) is 0 Å². The van der Waals surface area contributed by atoms with Gasteiger partial charge in [-0.1, -0.05) is 27.7 Å². The summed E-state index contributed by atoms with van der Waals surface area (Å²) in [6, 6.07) is 0. The molecule has 2 N–H and O–H groups in total. The van der Waals surface area contributed by atoms with Gasteiger partial charge in [-0.2, -0.15) is 0 Å². The predicted octanol–water partition coefficient (Wildman–Crippen LogP) is 2.17. The van der Waals surface area contributed by atoms with Crippen LogP contribution in [0.15, 0.2) is 0 Å². The molecule has 0 heterocycles. The van der Waals surface area contributed by atoms with Crippen LogP contribution in [0.25, 0.3) is 0 Å². The molecule has 16 heavy (non-hydrogen) atoms. The molecule has 1 atom stereocenters. The standard InChI is InChI=1S/C13H28N2O/c1-10(12(2,3)4)11(16)14-8-9-15-13(5,6)7/h10,15H,8-9H2,1-7H3,(H,14,16)/t10-/m1/s1. The Hall–Kier alpha value is -0.570. The van der Waals surface area contributed by atoms with E-state index in [4.69, 9.17) is 0 Å². The maximum atomic E-state index is 11.8. The number of rotatable bonds is 4. The van der Waals surface area contributed by atoms with E-state index in [2.05, 4.69) is 52.2 Å². The molecule has 3 heteroatoms. The maximum absolute atomic E-state index is 11.8. The highest BCUT2D eigenvalue weighted by Crippen LogP contribution is 2.24. The molecule has 0 aromatic heterocycles. The molecule has 96 valence electrons. The summed E-state index contributed by atoms with van der Waals surface area (Å²) in [5.41, 5.74) is 0.141. The number of nitrogens with one attached hydrogen (secondary N) is 2. The summed E-state index contributed by atoms with van der Waals surface area (Å²) in [5.74, 6) is 0.186. The van der Waals surface area contributed by atoms with E-state index in [0.29, 0.717) is 6.54 Å². The Morgan fingerprint density at radius 2 is 1.56 bits per heavy atom. The Morgan fingerprint density at radius 3 is 1.94 bits per heavy atom. The van der Waals surface area contributed by atoms with Crippen LogP contribution in [0, 0.1) is 11.3 Å². The highest BCUT2D eigenvalue weighted by atomic mass is 16.1. The van der Waals surface area contributed by atoms with E-state index in [0.717, 1.165) is 6.54 Å². The van der Waals surface area contributed by atoms with Gasteiger partial charge in [-0.3, -0.25) is 4.79 Å². The molecular formula is C13H28N2O. The van der Waals surface area contributed by atoms with Gasteiger partial charge in [-0.15, -0.1) is 0 Å². The maximum Gasteiger partial charge on any atom is 0.223 e. The first-order valence-corrected chi connectivity index (χ1v) is 6.07. The number of carbonyl (C=O) groups is 1. The predicted molar refractivity (Wildman–Crippen MR) is 69.4 cm³/mol. The Kier molecular flexibility index (Phi) is 5.47. The van der Waals surface area contributed by atoms with Crippen LogP contribution in [0.5, 0.6) is 0 Å². The van der Waals surface area contributed by atoms with Crippen molar-refractivity contribution >= 4 is 5.91 Å². The quantitative estimate of drug-likeness (QED) is 0.724. The van der Waals surface area contributed by atoms with Gasteiger partial charge in [-0.25, -0.2) is 0 Å². The molecule has 0 radical (unpaired) electrons. The van der Waals surface area contributed by atoms with Crippen molar-refractivity contribution in [3.63, 3.8) is 0 Å². The third kappa shape index (κ3) is 6.83. The highest BCUT2D eigenvalue weighted by molar-refractivity contribution is 5.78. The molecular weight excluding hydrogens is 200 g/mol. The van der Waals surface area contributed by atoms with E-state index in [1.165, 1.54) is 0 Å². The molecule has 1 amide bonds. The second-order valence-corrected chi connectivity index (χ2v) is 6.56. The summed E-state index contributed by atoms with van der Waals surface area (Å²) in [4.78, 5) is 11.8. The van der Waals surface area contributed by atoms with Gasteiger partial charge < -0.3 is 10.6 Å². The molecule has 0 aromatic carbocycles. The normalized spacial score (nSPS) is 14.7. The smallest absolute Gasteiger partial charge is 0.223 e. The lowest BCUT2D eigenvalue weighted by atomic mass is 9.81. The molecule has 0 aliphatic carbocycles. The van der Waals surface area contributed by atoms with Crippen LogP contribution < -0.4 is 10.6 Å². The lowest BCUT2D eigenvalue weighted by molar-refractivity contribution is -0.127. The van der Waals surface area contributed by atoms with Crippen LogP contribution in [-0.4, -0.2) is 24.5 Å². The molecule has 0 rings (SSSR count). The van der Waals surface area contributed by atoms with Crippen molar-refractivity contribution in [3.05, 3.63) is 0 Å². The molecule has 0 aromatic rings. The fraction of sp³-hybridized carbons (Fsp3) is 0.923. The van der Waals surface area contributed by atoms with E-state index in [9.17, 15) is 4.79 Å². The number of carbonyl (C=O) groups excluding carboxylic acids is 1. The minimum Gasteiger partial charge on any atom is -0.355 e. The average Bonchev–Trinajstić information content (AvgIpc) is 2.07. The minimum absolute atomic E-state index is 0.0293. The third-order valence-electron chi connectivity index (χ3n) is 2.77. The minimum atomic E-state index is 0.0293. The summed E-state index contributed by atoms with van der Waals surface area (Å²) >= 11 is 0. The van der Waals surface area contributed by atoms with Crippen molar-refractivity contribution in [1.82, 2.24) is 10.6 Å². The first-order valence-electron chi connectivity index (χ1n) is 6.07. The van der Waals surface area contributed by atoms with E-state index in [1.807, 2.05) is 6.92 Å². The van der Waals surface area contributed by atoms with Crippen LogP contribution in [0.3, 0.4) is 0 Å². The van der Waals surface area contributed by atoms with Gasteiger partial charge in [0.1, 0.15) is 0 Å². The fourth-order valence-corrected chi connectivity index (χ4v) is 1.17. The average molecular weight is 228 g/mol. The van der Waals surface area contributed by atoms with Gasteiger partial charge in [0.05, 0.1) is 0 Å². The van der Waals surface area contributed by atoms with Gasteiger partial charge in [0.2, 0.25) is 5.91 Å². The largest absolute Gasteiger partial charge is 0.355 e. The molecule has 0 aliphatic heterocycles. The summed E-state index contributed by atoms with van der Waals surface area (Å²) in [6.45, 7) is 16.1. The zero-order chi connectivity index (χ0) is 13.0. The van der Waals surface area contributed by atoms with Gasteiger partial charge in [0, 0.05) is 24.5 Å². The van der Waals surface area contributed by atoms with Crippen LogP contribution >= 0.6 is 0 Å². The molecule has 0 fully saturated rings. The van der Waals surface area contributed by atoms with E-state index < -0.39 is 0 Å². The number of amides is 1. The Morgan fingerprint density at radius 1 is 1.06 bits per heavy atom. The van der Waals surface area contributed by atoms with E-state index >= 15 is 0 Å². The zero-order valence-electron chi connectivity index (χ0n) is 11.9. The van der Waals surface area contributed by atoms with Crippen molar-refractivity contribution < 1.29 is 4.79 Å². The molecule has 0 bridgehead atoms. The van der Waals surface area contributed by atoms with Crippen LogP contribution in [0.1, 0.15) is 48.5 Å². The van der Waals surface area contributed by atoms with Gasteiger partial charge in [0.25, 0.3) is 0 Å². The summed E-state index contributed by atoms with van der Waals surface area (Å²) in [7, 11) is 0. The van der Waals surface area contributed by atoms with Gasteiger partial charge in [-0.05, 0) is 26.2 Å². The Labute approximate surface area is 100 Å². The van der Waals surface area contributed by atoms with Crippen LogP contribution in [0.4, 0.5) is 0 Å². The van der Waals surface area contributed by atoms with Crippen LogP contribution in [-0.2, 0) is 4.79 Å². The van der Waals surface area contributed by atoms with Crippen molar-refractivity contribution in [2.75, 3.05) is 13.1 Å². The molecule has 0 saturated heterocycles. The van der Waals surface area contributed by atoms with Gasteiger partial charge >= 0.3 is 0 Å². The monoisotopic (exact) mass is 228 g/mol. The topological polar surface area (TPSA) is 41.1 Å². The molecule has 0 unspecified atom stereocenters. The van der Waals surface area contributed by atoms with Crippen LogP contribution in [0.2, 0.25) is 0 Å². The van der Waals surface area contributed by atoms with E-state index in [1.54, 1.807) is 0 Å². The first kappa shape index (κ1) is 15.4. The SMILES string of the molecule is C[C@H](C(=O)NCCNC(C)(C)C)C(C)(C)C. The Bertz CT molecular complexity index is 223. The lowest BCUT2D eigenvalue weighted by Crippen LogP contribution is -2.43.